The molecule has 1 atom stereocenters. The number of rotatable bonds is 5. The Kier molecular flexibility index (Phi) is 6.93. The Morgan fingerprint density at radius 1 is 0.926 bits per heavy atom. The lowest BCUT2D eigenvalue weighted by molar-refractivity contribution is -0.257. The number of benzene rings is 1. The first-order valence-corrected chi connectivity index (χ1v) is 10.3. The molecule has 1 unspecified atom stereocenters. The topological polar surface area (TPSA) is 38.7 Å². The molecule has 0 heterocycles. The molecule has 0 amide bonds. The van der Waals surface area contributed by atoms with Crippen molar-refractivity contribution in [2.45, 2.75) is 70.6 Å². The van der Waals surface area contributed by atoms with Gasteiger partial charge in [-0.25, -0.2) is 0 Å². The molecule has 0 spiro atoms. The third kappa shape index (κ3) is 5.08. The molecule has 27 heavy (non-hydrogen) atoms. The van der Waals surface area contributed by atoms with Crippen molar-refractivity contribution in [3.05, 3.63) is 23.3 Å². The van der Waals surface area contributed by atoms with Gasteiger partial charge in [-0.1, -0.05) is 49.5 Å². The fourth-order valence-corrected chi connectivity index (χ4v) is 7.31. The molecule has 0 saturated carbocycles. The first-order chi connectivity index (χ1) is 12.0. The highest BCUT2D eigenvalue weighted by Gasteiger charge is 2.59. The van der Waals surface area contributed by atoms with E-state index in [1.54, 1.807) is 0 Å². The quantitative estimate of drug-likeness (QED) is 0.622. The monoisotopic (exact) mass is 408 g/mol. The highest BCUT2D eigenvalue weighted by Crippen LogP contribution is 2.64. The molecule has 1 rings (SSSR count). The molecule has 0 aliphatic carbocycles. The zero-order valence-electron chi connectivity index (χ0n) is 17.7. The molecule has 1 N–H and O–H groups in total. The van der Waals surface area contributed by atoms with Crippen LogP contribution >= 0.6 is 7.92 Å². The molecule has 3 nitrogen and oxygen atoms in total. The van der Waals surface area contributed by atoms with E-state index in [9.17, 15) is 18.3 Å². The van der Waals surface area contributed by atoms with Crippen LogP contribution in [0.15, 0.2) is 12.1 Å². The predicted octanol–water partition coefficient (Wildman–Crippen LogP) is 5.84. The van der Waals surface area contributed by atoms with Crippen molar-refractivity contribution in [2.24, 2.45) is 0 Å². The largest absolute Gasteiger partial charge is 0.497 e. The molecule has 0 saturated heterocycles. The Labute approximate surface area is 162 Å². The van der Waals surface area contributed by atoms with E-state index in [0.717, 1.165) is 0 Å². The van der Waals surface area contributed by atoms with Gasteiger partial charge in [0.1, 0.15) is 11.5 Å². The van der Waals surface area contributed by atoms with Gasteiger partial charge in [-0.3, -0.25) is 0 Å². The number of aryl methyl sites for hydroxylation is 1. The third-order valence-electron chi connectivity index (χ3n) is 4.62. The highest BCUT2D eigenvalue weighted by atomic mass is 31.1. The number of aliphatic hydroxyl groups is 1. The van der Waals surface area contributed by atoms with Crippen molar-refractivity contribution < 1.29 is 27.8 Å². The average Bonchev–Trinajstić information content (AvgIpc) is 2.47. The number of hydrogen-bond acceptors (Lipinski definition) is 3. The van der Waals surface area contributed by atoms with Gasteiger partial charge < -0.3 is 14.6 Å². The summed E-state index contributed by atoms with van der Waals surface area (Å²) in [7, 11) is 1.51. The number of ether oxygens (including phenoxy) is 2. The minimum absolute atomic E-state index is 0.0237. The van der Waals surface area contributed by atoms with Crippen molar-refractivity contribution in [3.63, 3.8) is 0 Å². The maximum Gasteiger partial charge on any atom is 0.421 e. The van der Waals surface area contributed by atoms with E-state index in [2.05, 4.69) is 0 Å². The van der Waals surface area contributed by atoms with Crippen LogP contribution in [0.5, 0.6) is 11.5 Å². The van der Waals surface area contributed by atoms with Gasteiger partial charge in [-0.15, -0.1) is 0 Å². The van der Waals surface area contributed by atoms with Crippen LogP contribution in [0.4, 0.5) is 13.2 Å². The number of methoxy groups -OCH3 is 2. The fourth-order valence-electron chi connectivity index (χ4n) is 3.55. The average molecular weight is 408 g/mol. The third-order valence-corrected chi connectivity index (χ3v) is 8.63. The Balaban J connectivity index is 3.73. The van der Waals surface area contributed by atoms with Crippen LogP contribution in [0.2, 0.25) is 0 Å². The molecule has 0 aliphatic rings. The van der Waals surface area contributed by atoms with Crippen LogP contribution in [-0.2, 0) is 5.60 Å². The van der Waals surface area contributed by atoms with E-state index in [-0.39, 0.29) is 27.2 Å². The number of alkyl halides is 3. The van der Waals surface area contributed by atoms with Gasteiger partial charge in [0.05, 0.1) is 14.2 Å². The first-order valence-electron chi connectivity index (χ1n) is 8.79. The van der Waals surface area contributed by atoms with Crippen molar-refractivity contribution in [1.82, 2.24) is 0 Å². The summed E-state index contributed by atoms with van der Waals surface area (Å²) in [5, 5.41) is 10.4. The van der Waals surface area contributed by atoms with Gasteiger partial charge in [0.15, 0.2) is 5.60 Å². The lowest BCUT2D eigenvalue weighted by atomic mass is 9.90. The van der Waals surface area contributed by atoms with Gasteiger partial charge in [0, 0.05) is 17.8 Å². The van der Waals surface area contributed by atoms with Gasteiger partial charge in [-0.2, -0.15) is 13.2 Å². The summed E-state index contributed by atoms with van der Waals surface area (Å²) >= 11 is 0. The van der Waals surface area contributed by atoms with Gasteiger partial charge in [-0.05, 0) is 28.9 Å². The van der Waals surface area contributed by atoms with Crippen LogP contribution in [-0.4, -0.2) is 42.0 Å². The molecule has 156 valence electrons. The summed E-state index contributed by atoms with van der Waals surface area (Å²) in [5.41, 5.74) is -2.97. The van der Waals surface area contributed by atoms with Crippen molar-refractivity contribution >= 4 is 7.92 Å². The second-order valence-corrected chi connectivity index (χ2v) is 12.7. The zero-order chi connectivity index (χ0) is 21.4. The van der Waals surface area contributed by atoms with Crippen LogP contribution in [0.25, 0.3) is 0 Å². The summed E-state index contributed by atoms with van der Waals surface area (Å²) < 4.78 is 53.2. The van der Waals surface area contributed by atoms with Gasteiger partial charge >= 0.3 is 6.18 Å². The Morgan fingerprint density at radius 2 is 1.41 bits per heavy atom. The summed E-state index contributed by atoms with van der Waals surface area (Å²) in [4.78, 5) is 0. The summed E-state index contributed by atoms with van der Waals surface area (Å²) in [5.74, 6) is 0.357. The van der Waals surface area contributed by atoms with E-state index in [0.29, 0.717) is 5.75 Å². The van der Waals surface area contributed by atoms with Gasteiger partial charge in [0.25, 0.3) is 0 Å². The molecule has 0 aromatic heterocycles. The summed E-state index contributed by atoms with van der Waals surface area (Å²) in [6.07, 6.45) is -5.25. The molecule has 0 radical (unpaired) electrons. The molecule has 0 bridgehead atoms. The zero-order valence-corrected chi connectivity index (χ0v) is 18.6. The van der Waals surface area contributed by atoms with Crippen LogP contribution in [0.3, 0.4) is 0 Å². The maximum atomic E-state index is 14.3. The van der Waals surface area contributed by atoms with Crippen molar-refractivity contribution in [3.8, 4) is 11.5 Å². The van der Waals surface area contributed by atoms with Crippen LogP contribution in [0, 0.1) is 6.92 Å². The standard InChI is InChI=1S/C20H32F3O3P/c1-13-10-14(25-8)11-15(26-9)16(13)19(24,20(21,22)23)12-27(17(2,3)4)18(5,6)7/h10-11,24H,12H2,1-9H3. The lowest BCUT2D eigenvalue weighted by Gasteiger charge is -2.46. The first kappa shape index (κ1) is 24.0. The lowest BCUT2D eigenvalue weighted by Crippen LogP contribution is -2.48. The number of halogens is 3. The molecule has 7 heteroatoms. The fraction of sp³-hybridized carbons (Fsp3) is 0.700. The van der Waals surface area contributed by atoms with E-state index in [1.807, 2.05) is 41.5 Å². The van der Waals surface area contributed by atoms with Gasteiger partial charge in [0.2, 0.25) is 0 Å². The molecule has 0 fully saturated rings. The predicted molar refractivity (Wildman–Crippen MR) is 106 cm³/mol. The van der Waals surface area contributed by atoms with Crippen molar-refractivity contribution in [2.75, 3.05) is 20.4 Å². The maximum absolute atomic E-state index is 14.3. The summed E-state index contributed by atoms with van der Waals surface area (Å²) in [6, 6.07) is 2.88. The van der Waals surface area contributed by atoms with E-state index >= 15 is 0 Å². The van der Waals surface area contributed by atoms with Crippen LogP contribution < -0.4 is 9.47 Å². The smallest absolute Gasteiger partial charge is 0.421 e. The van der Waals surface area contributed by atoms with Crippen molar-refractivity contribution in [1.29, 1.82) is 0 Å². The molecule has 1 aromatic carbocycles. The van der Waals surface area contributed by atoms with E-state index in [4.69, 9.17) is 9.47 Å². The molecule has 1 aromatic rings. The molecule has 0 aliphatic heterocycles. The SMILES string of the molecule is COc1cc(C)c(C(O)(CP(C(C)(C)C)C(C)(C)C)C(F)(F)F)c(OC)c1. The van der Waals surface area contributed by atoms with E-state index in [1.165, 1.54) is 33.3 Å². The highest BCUT2D eigenvalue weighted by molar-refractivity contribution is 7.60. The van der Waals surface area contributed by atoms with E-state index < -0.39 is 25.9 Å². The Hall–Kier alpha value is -1.00. The number of hydrogen-bond donors (Lipinski definition) is 1. The second-order valence-electron chi connectivity index (χ2n) is 8.81. The second kappa shape index (κ2) is 7.79. The summed E-state index contributed by atoms with van der Waals surface area (Å²) in [6.45, 7) is 13.1. The molecular formula is C20H32F3O3P. The Bertz CT molecular complexity index is 646. The minimum Gasteiger partial charge on any atom is -0.497 e. The molecular weight excluding hydrogens is 376 g/mol. The Morgan fingerprint density at radius 3 is 1.74 bits per heavy atom. The van der Waals surface area contributed by atoms with Crippen LogP contribution in [0.1, 0.15) is 52.7 Å². The normalized spacial score (nSPS) is 15.6. The minimum atomic E-state index is -4.85.